The molecule has 1 aromatic rings. The zero-order valence-corrected chi connectivity index (χ0v) is 11.1. The summed E-state index contributed by atoms with van der Waals surface area (Å²) in [7, 11) is 0. The number of nitrogens with one attached hydrogen (secondary N) is 2. The van der Waals surface area contributed by atoms with Gasteiger partial charge in [-0.3, -0.25) is 4.79 Å². The minimum absolute atomic E-state index is 0.0318. The summed E-state index contributed by atoms with van der Waals surface area (Å²) in [4.78, 5) is 11.4. The van der Waals surface area contributed by atoms with E-state index in [1.165, 1.54) is 0 Å². The quantitative estimate of drug-likeness (QED) is 0.821. The molecule has 0 bridgehead atoms. The average Bonchev–Trinajstić information content (AvgIpc) is 2.97. The lowest BCUT2D eigenvalue weighted by Gasteiger charge is -2.09. The molecule has 0 unspecified atom stereocenters. The van der Waals surface area contributed by atoms with Crippen LogP contribution < -0.4 is 10.6 Å². The van der Waals surface area contributed by atoms with E-state index >= 15 is 0 Å². The van der Waals surface area contributed by atoms with E-state index in [4.69, 9.17) is 35.4 Å². The van der Waals surface area contributed by atoms with E-state index in [-0.39, 0.29) is 16.9 Å². The van der Waals surface area contributed by atoms with Crippen molar-refractivity contribution in [2.75, 3.05) is 5.32 Å². The molecule has 1 amide bonds. The van der Waals surface area contributed by atoms with Crippen molar-refractivity contribution in [1.29, 1.82) is 0 Å². The summed E-state index contributed by atoms with van der Waals surface area (Å²) in [5.41, 5.74) is 0.656. The molecule has 6 heteroatoms. The Morgan fingerprint density at radius 1 is 1.24 bits per heavy atom. The van der Waals surface area contributed by atoms with Crippen LogP contribution in [0, 0.1) is 5.92 Å². The highest BCUT2D eigenvalue weighted by Crippen LogP contribution is 2.28. The van der Waals surface area contributed by atoms with Gasteiger partial charge in [0.05, 0.1) is 0 Å². The van der Waals surface area contributed by atoms with Crippen molar-refractivity contribution in [3.63, 3.8) is 0 Å². The molecule has 3 nitrogen and oxygen atoms in total. The predicted molar refractivity (Wildman–Crippen MR) is 73.5 cm³/mol. The lowest BCUT2D eigenvalue weighted by atomic mass is 10.3. The first-order chi connectivity index (χ1) is 8.04. The molecule has 1 fully saturated rings. The number of carbonyl (C=O) groups excluding carboxylic acids is 1. The number of rotatable bonds is 2. The molecule has 1 aliphatic carbocycles. The number of anilines is 1. The van der Waals surface area contributed by atoms with Gasteiger partial charge in [0.25, 0.3) is 0 Å². The molecule has 0 aromatic heterocycles. The van der Waals surface area contributed by atoms with Crippen LogP contribution in [0.3, 0.4) is 0 Å². The van der Waals surface area contributed by atoms with Gasteiger partial charge in [0.2, 0.25) is 5.91 Å². The van der Waals surface area contributed by atoms with Crippen LogP contribution >= 0.6 is 35.4 Å². The highest BCUT2D eigenvalue weighted by Gasteiger charge is 2.29. The second-order valence-corrected chi connectivity index (χ2v) is 5.16. The third-order valence-electron chi connectivity index (χ3n) is 2.31. The number of hydrogen-bond donors (Lipinski definition) is 2. The summed E-state index contributed by atoms with van der Waals surface area (Å²) >= 11 is 16.7. The second-order valence-electron chi connectivity index (χ2n) is 3.88. The van der Waals surface area contributed by atoms with Crippen LogP contribution in [-0.2, 0) is 4.79 Å². The summed E-state index contributed by atoms with van der Waals surface area (Å²) in [6.07, 6.45) is 1.88. The van der Waals surface area contributed by atoms with Crippen molar-refractivity contribution in [2.24, 2.45) is 5.92 Å². The Labute approximate surface area is 114 Å². The Balaban J connectivity index is 1.95. The van der Waals surface area contributed by atoms with Crippen LogP contribution in [0.1, 0.15) is 12.8 Å². The molecule has 0 aliphatic heterocycles. The number of hydrogen-bond acceptors (Lipinski definition) is 2. The molecular weight excluding hydrogens is 279 g/mol. The molecule has 0 radical (unpaired) electrons. The van der Waals surface area contributed by atoms with Crippen molar-refractivity contribution >= 4 is 52.1 Å². The summed E-state index contributed by atoms with van der Waals surface area (Å²) in [6, 6.07) is 4.99. The van der Waals surface area contributed by atoms with E-state index in [1.54, 1.807) is 18.2 Å². The summed E-state index contributed by atoms with van der Waals surface area (Å²) < 4.78 is 0. The third kappa shape index (κ3) is 3.84. The fourth-order valence-corrected chi connectivity index (χ4v) is 2.09. The van der Waals surface area contributed by atoms with Gasteiger partial charge in [0, 0.05) is 21.7 Å². The van der Waals surface area contributed by atoms with E-state index < -0.39 is 0 Å². The van der Waals surface area contributed by atoms with Crippen molar-refractivity contribution in [3.8, 4) is 0 Å². The number of benzene rings is 1. The van der Waals surface area contributed by atoms with Gasteiger partial charge in [0.1, 0.15) is 0 Å². The normalized spacial score (nSPS) is 14.2. The maximum absolute atomic E-state index is 11.4. The number of halogens is 2. The average molecular weight is 289 g/mol. The number of carbonyl (C=O) groups is 1. The number of thiocarbonyl (C=S) groups is 1. The van der Waals surface area contributed by atoms with E-state index in [1.807, 2.05) is 0 Å². The van der Waals surface area contributed by atoms with E-state index in [2.05, 4.69) is 10.6 Å². The van der Waals surface area contributed by atoms with E-state index in [9.17, 15) is 4.79 Å². The SMILES string of the molecule is O=C(NC(=S)Nc1cc(Cl)cc(Cl)c1)C1CC1. The van der Waals surface area contributed by atoms with Crippen LogP contribution in [0.5, 0.6) is 0 Å². The van der Waals surface area contributed by atoms with Gasteiger partial charge in [-0.25, -0.2) is 0 Å². The highest BCUT2D eigenvalue weighted by atomic mass is 35.5. The highest BCUT2D eigenvalue weighted by molar-refractivity contribution is 7.80. The van der Waals surface area contributed by atoms with Crippen LogP contribution in [-0.4, -0.2) is 11.0 Å². The van der Waals surface area contributed by atoms with Crippen LogP contribution in [0.25, 0.3) is 0 Å². The van der Waals surface area contributed by atoms with Gasteiger partial charge in [-0.2, -0.15) is 0 Å². The molecule has 17 heavy (non-hydrogen) atoms. The summed E-state index contributed by atoms with van der Waals surface area (Å²) in [5.74, 6) is 0.0910. The standard InChI is InChI=1S/C11H10Cl2N2OS/c12-7-3-8(13)5-9(4-7)14-11(17)15-10(16)6-1-2-6/h3-6H,1-2H2,(H2,14,15,16,17). The van der Waals surface area contributed by atoms with Gasteiger partial charge in [-0.05, 0) is 43.3 Å². The minimum atomic E-state index is -0.0318. The topological polar surface area (TPSA) is 41.1 Å². The summed E-state index contributed by atoms with van der Waals surface area (Å²) in [6.45, 7) is 0. The Morgan fingerprint density at radius 3 is 2.35 bits per heavy atom. The monoisotopic (exact) mass is 288 g/mol. The first-order valence-electron chi connectivity index (χ1n) is 5.12. The lowest BCUT2D eigenvalue weighted by molar-refractivity contribution is -0.120. The molecule has 2 N–H and O–H groups in total. The first-order valence-corrected chi connectivity index (χ1v) is 6.29. The van der Waals surface area contributed by atoms with E-state index in [0.29, 0.717) is 15.7 Å². The lowest BCUT2D eigenvalue weighted by Crippen LogP contribution is -2.35. The zero-order chi connectivity index (χ0) is 12.4. The fourth-order valence-electron chi connectivity index (χ4n) is 1.35. The maximum atomic E-state index is 11.4. The Kier molecular flexibility index (Phi) is 3.86. The molecule has 0 heterocycles. The molecule has 1 aliphatic rings. The molecule has 0 saturated heterocycles. The Bertz CT molecular complexity index is 454. The van der Waals surface area contributed by atoms with Crippen molar-refractivity contribution in [2.45, 2.75) is 12.8 Å². The van der Waals surface area contributed by atoms with Gasteiger partial charge in [-0.1, -0.05) is 23.2 Å². The van der Waals surface area contributed by atoms with E-state index in [0.717, 1.165) is 12.8 Å². The molecule has 1 saturated carbocycles. The minimum Gasteiger partial charge on any atom is -0.332 e. The predicted octanol–water partition coefficient (Wildman–Crippen LogP) is 3.22. The van der Waals surface area contributed by atoms with Crippen LogP contribution in [0.2, 0.25) is 10.0 Å². The Hall–Kier alpha value is -0.840. The smallest absolute Gasteiger partial charge is 0.229 e. The van der Waals surface area contributed by atoms with Crippen molar-refractivity contribution < 1.29 is 4.79 Å². The Morgan fingerprint density at radius 2 is 1.82 bits per heavy atom. The number of amides is 1. The van der Waals surface area contributed by atoms with Gasteiger partial charge >= 0.3 is 0 Å². The van der Waals surface area contributed by atoms with Gasteiger partial charge < -0.3 is 10.6 Å². The molecule has 2 rings (SSSR count). The molecular formula is C11H10Cl2N2OS. The third-order valence-corrected chi connectivity index (χ3v) is 2.95. The van der Waals surface area contributed by atoms with Gasteiger partial charge in [0.15, 0.2) is 5.11 Å². The van der Waals surface area contributed by atoms with Crippen LogP contribution in [0.15, 0.2) is 18.2 Å². The molecule has 1 aromatic carbocycles. The van der Waals surface area contributed by atoms with Crippen LogP contribution in [0.4, 0.5) is 5.69 Å². The molecule has 0 atom stereocenters. The second kappa shape index (κ2) is 5.21. The summed E-state index contributed by atoms with van der Waals surface area (Å²) in [5, 5.41) is 6.78. The molecule has 0 spiro atoms. The molecule has 90 valence electrons. The fraction of sp³-hybridized carbons (Fsp3) is 0.273. The van der Waals surface area contributed by atoms with Crippen molar-refractivity contribution in [1.82, 2.24) is 5.32 Å². The zero-order valence-electron chi connectivity index (χ0n) is 8.80. The van der Waals surface area contributed by atoms with Crippen molar-refractivity contribution in [3.05, 3.63) is 28.2 Å². The maximum Gasteiger partial charge on any atom is 0.229 e. The van der Waals surface area contributed by atoms with Gasteiger partial charge in [-0.15, -0.1) is 0 Å². The largest absolute Gasteiger partial charge is 0.332 e. The first kappa shape index (κ1) is 12.6.